The Labute approximate surface area is 185 Å². The second kappa shape index (κ2) is 9.56. The number of hydrogen-bond donors (Lipinski definition) is 1. The van der Waals surface area contributed by atoms with Gasteiger partial charge in [0.2, 0.25) is 18.6 Å². The van der Waals surface area contributed by atoms with Gasteiger partial charge in [-0.1, -0.05) is 31.0 Å². The number of benzene rings is 2. The van der Waals surface area contributed by atoms with Gasteiger partial charge in [0.1, 0.15) is 17.7 Å². The Morgan fingerprint density at radius 1 is 1.10 bits per heavy atom. The summed E-state index contributed by atoms with van der Waals surface area (Å²) in [5, 5.41) is 3.06. The lowest BCUT2D eigenvalue weighted by Crippen LogP contribution is -2.46. The van der Waals surface area contributed by atoms with E-state index in [2.05, 4.69) is 5.32 Å². The molecule has 0 saturated heterocycles. The van der Waals surface area contributed by atoms with Crippen molar-refractivity contribution < 1.29 is 23.5 Å². The maximum atomic E-state index is 13.6. The molecule has 1 saturated carbocycles. The molecular weight excluding hydrogens is 423 g/mol. The number of fused-ring (bicyclic) bond motifs is 1. The maximum absolute atomic E-state index is 13.6. The second-order valence-electron chi connectivity index (χ2n) is 7.79. The minimum atomic E-state index is -0.933. The van der Waals surface area contributed by atoms with Crippen LogP contribution in [0.1, 0.15) is 42.9 Å². The van der Waals surface area contributed by atoms with Crippen molar-refractivity contribution >= 4 is 23.4 Å². The Kier molecular flexibility index (Phi) is 6.61. The fourth-order valence-corrected chi connectivity index (χ4v) is 4.26. The molecule has 0 radical (unpaired) electrons. The van der Waals surface area contributed by atoms with Crippen LogP contribution in [-0.2, 0) is 16.1 Å². The number of halogens is 2. The number of ether oxygens (including phenoxy) is 2. The van der Waals surface area contributed by atoms with E-state index in [0.717, 1.165) is 31.2 Å². The van der Waals surface area contributed by atoms with Crippen molar-refractivity contribution in [1.82, 2.24) is 10.2 Å². The van der Waals surface area contributed by atoms with Gasteiger partial charge in [-0.15, -0.1) is 11.6 Å². The summed E-state index contributed by atoms with van der Waals surface area (Å²) >= 11 is 5.91. The zero-order chi connectivity index (χ0) is 21.8. The lowest BCUT2D eigenvalue weighted by atomic mass is 10.0. The number of rotatable bonds is 7. The molecule has 31 heavy (non-hydrogen) atoms. The summed E-state index contributed by atoms with van der Waals surface area (Å²) in [6.45, 7) is 0.285. The third-order valence-corrected chi connectivity index (χ3v) is 5.90. The lowest BCUT2D eigenvalue weighted by molar-refractivity contribution is -0.140. The zero-order valence-corrected chi connectivity index (χ0v) is 17.7. The number of amides is 2. The van der Waals surface area contributed by atoms with Crippen LogP contribution in [0.2, 0.25) is 0 Å². The van der Waals surface area contributed by atoms with E-state index in [0.29, 0.717) is 17.1 Å². The van der Waals surface area contributed by atoms with Gasteiger partial charge in [-0.3, -0.25) is 9.59 Å². The number of nitrogens with zero attached hydrogens (tertiary/aromatic N) is 1. The van der Waals surface area contributed by atoms with E-state index in [1.165, 1.54) is 29.2 Å². The Balaban J connectivity index is 1.66. The first-order valence-electron chi connectivity index (χ1n) is 10.3. The predicted octanol–water partition coefficient (Wildman–Crippen LogP) is 3.92. The van der Waals surface area contributed by atoms with Crippen LogP contribution in [-0.4, -0.2) is 35.4 Å². The molecule has 2 aliphatic rings. The second-order valence-corrected chi connectivity index (χ2v) is 8.05. The molecule has 1 heterocycles. The van der Waals surface area contributed by atoms with Crippen LogP contribution >= 0.6 is 11.6 Å². The standard InChI is InChI=1S/C23H24ClFN2O4/c24-12-21(28)27(13-15-5-10-19-20(11-15)31-14-30-19)22(16-6-8-17(25)9-7-16)23(29)26-18-3-1-2-4-18/h5-11,18,22H,1-4,12-14H2,(H,26,29)/t22-/m0/s1. The van der Waals surface area contributed by atoms with Crippen LogP contribution in [0.15, 0.2) is 42.5 Å². The zero-order valence-electron chi connectivity index (χ0n) is 17.0. The van der Waals surface area contributed by atoms with Crippen molar-refractivity contribution in [2.24, 2.45) is 0 Å². The third kappa shape index (κ3) is 4.93. The summed E-state index contributed by atoms with van der Waals surface area (Å²) < 4.78 is 24.3. The van der Waals surface area contributed by atoms with Crippen LogP contribution in [0.4, 0.5) is 4.39 Å². The highest BCUT2D eigenvalue weighted by atomic mass is 35.5. The van der Waals surface area contributed by atoms with Gasteiger partial charge < -0.3 is 19.7 Å². The van der Waals surface area contributed by atoms with Crippen LogP contribution in [0.25, 0.3) is 0 Å². The first kappa shape index (κ1) is 21.4. The lowest BCUT2D eigenvalue weighted by Gasteiger charge is -2.32. The van der Waals surface area contributed by atoms with Gasteiger partial charge in [-0.05, 0) is 48.2 Å². The van der Waals surface area contributed by atoms with Gasteiger partial charge in [0.05, 0.1) is 0 Å². The number of nitrogens with one attached hydrogen (secondary N) is 1. The molecule has 2 aromatic rings. The van der Waals surface area contributed by atoms with E-state index in [1.807, 2.05) is 6.07 Å². The van der Waals surface area contributed by atoms with E-state index in [-0.39, 0.29) is 31.2 Å². The molecule has 0 bridgehead atoms. The van der Waals surface area contributed by atoms with Crippen molar-refractivity contribution in [3.05, 3.63) is 59.4 Å². The number of carbonyl (C=O) groups is 2. The van der Waals surface area contributed by atoms with Gasteiger partial charge >= 0.3 is 0 Å². The molecule has 1 fully saturated rings. The molecular formula is C23H24ClFN2O4. The van der Waals surface area contributed by atoms with E-state index >= 15 is 0 Å². The van der Waals surface area contributed by atoms with Crippen LogP contribution in [0, 0.1) is 5.82 Å². The topological polar surface area (TPSA) is 67.9 Å². The van der Waals surface area contributed by atoms with Gasteiger partial charge in [0.25, 0.3) is 0 Å². The SMILES string of the molecule is O=C(NC1CCCC1)[C@H](c1ccc(F)cc1)N(Cc1ccc2c(c1)OCO2)C(=O)CCl. The summed E-state index contributed by atoms with van der Waals surface area (Å²) in [6, 6.07) is 10.2. The molecule has 0 aromatic heterocycles. The van der Waals surface area contributed by atoms with Crippen molar-refractivity contribution in [2.75, 3.05) is 12.7 Å². The van der Waals surface area contributed by atoms with Gasteiger partial charge in [-0.25, -0.2) is 4.39 Å². The number of hydrogen-bond acceptors (Lipinski definition) is 4. The first-order chi connectivity index (χ1) is 15.0. The smallest absolute Gasteiger partial charge is 0.247 e. The average Bonchev–Trinajstić information content (AvgIpc) is 3.45. The highest BCUT2D eigenvalue weighted by Gasteiger charge is 2.33. The molecule has 0 unspecified atom stereocenters. The molecule has 4 rings (SSSR count). The molecule has 2 amide bonds. The van der Waals surface area contributed by atoms with Gasteiger partial charge in [-0.2, -0.15) is 0 Å². The van der Waals surface area contributed by atoms with Crippen LogP contribution in [0.5, 0.6) is 11.5 Å². The third-order valence-electron chi connectivity index (χ3n) is 5.67. The molecule has 8 heteroatoms. The molecule has 1 N–H and O–H groups in total. The van der Waals surface area contributed by atoms with Crippen molar-refractivity contribution in [2.45, 2.75) is 44.3 Å². The van der Waals surface area contributed by atoms with E-state index in [4.69, 9.17) is 21.1 Å². The summed E-state index contributed by atoms with van der Waals surface area (Å²) in [5.74, 6) is -0.158. The van der Waals surface area contributed by atoms with Crippen LogP contribution in [0.3, 0.4) is 0 Å². The largest absolute Gasteiger partial charge is 0.454 e. The normalized spacial score (nSPS) is 16.2. The summed E-state index contributed by atoms with van der Waals surface area (Å²) in [4.78, 5) is 27.6. The summed E-state index contributed by atoms with van der Waals surface area (Å²) in [6.07, 6.45) is 3.95. The van der Waals surface area contributed by atoms with E-state index < -0.39 is 17.8 Å². The first-order valence-corrected chi connectivity index (χ1v) is 10.9. The minimum Gasteiger partial charge on any atom is -0.454 e. The molecule has 1 aliphatic carbocycles. The minimum absolute atomic E-state index is 0.0777. The molecule has 2 aromatic carbocycles. The Morgan fingerprint density at radius 2 is 1.81 bits per heavy atom. The predicted molar refractivity (Wildman–Crippen MR) is 113 cm³/mol. The average molecular weight is 447 g/mol. The van der Waals surface area contributed by atoms with E-state index in [9.17, 15) is 14.0 Å². The molecule has 164 valence electrons. The summed E-state index contributed by atoms with van der Waals surface area (Å²) in [7, 11) is 0. The monoisotopic (exact) mass is 446 g/mol. The van der Waals surface area contributed by atoms with Crippen molar-refractivity contribution in [3.63, 3.8) is 0 Å². The Hall–Kier alpha value is -2.80. The molecule has 6 nitrogen and oxygen atoms in total. The fourth-order valence-electron chi connectivity index (χ4n) is 4.10. The quantitative estimate of drug-likeness (QED) is 0.654. The highest BCUT2D eigenvalue weighted by Crippen LogP contribution is 2.34. The Morgan fingerprint density at radius 3 is 2.52 bits per heavy atom. The molecule has 1 aliphatic heterocycles. The molecule has 1 atom stereocenters. The maximum Gasteiger partial charge on any atom is 0.247 e. The summed E-state index contributed by atoms with van der Waals surface area (Å²) in [5.41, 5.74) is 1.29. The fraction of sp³-hybridized carbons (Fsp3) is 0.391. The van der Waals surface area contributed by atoms with Crippen molar-refractivity contribution in [3.8, 4) is 11.5 Å². The van der Waals surface area contributed by atoms with Gasteiger partial charge in [0, 0.05) is 12.6 Å². The highest BCUT2D eigenvalue weighted by molar-refractivity contribution is 6.27. The molecule has 0 spiro atoms. The van der Waals surface area contributed by atoms with Crippen molar-refractivity contribution in [1.29, 1.82) is 0 Å². The Bertz CT molecular complexity index is 947. The number of carbonyl (C=O) groups excluding carboxylic acids is 2. The van der Waals surface area contributed by atoms with Gasteiger partial charge in [0.15, 0.2) is 11.5 Å². The number of alkyl halides is 1. The van der Waals surface area contributed by atoms with Crippen LogP contribution < -0.4 is 14.8 Å². The van der Waals surface area contributed by atoms with E-state index in [1.54, 1.807) is 12.1 Å².